The van der Waals surface area contributed by atoms with Crippen LogP contribution in [0.5, 0.6) is 0 Å². The number of halogens is 1. The van der Waals surface area contributed by atoms with E-state index in [9.17, 15) is 9.59 Å². The van der Waals surface area contributed by atoms with Gasteiger partial charge in [-0.15, -0.1) is 0 Å². The minimum absolute atomic E-state index is 0.00426. The van der Waals surface area contributed by atoms with E-state index in [0.717, 1.165) is 0 Å². The van der Waals surface area contributed by atoms with Crippen LogP contribution in [0.15, 0.2) is 4.99 Å². The number of fused-ring (bicyclic) bond motifs is 1. The maximum Gasteiger partial charge on any atom is 0.313 e. The molecule has 2 aliphatic heterocycles. The quantitative estimate of drug-likeness (QED) is 0.270. The van der Waals surface area contributed by atoms with Gasteiger partial charge >= 0.3 is 11.9 Å². The van der Waals surface area contributed by atoms with Gasteiger partial charge in [-0.05, 0) is 48.5 Å². The number of anilines is 2. The van der Waals surface area contributed by atoms with Gasteiger partial charge in [-0.25, -0.2) is 9.37 Å². The van der Waals surface area contributed by atoms with Crippen LogP contribution in [-0.2, 0) is 33.3 Å². The summed E-state index contributed by atoms with van der Waals surface area (Å²) in [7, 11) is 1.67. The summed E-state index contributed by atoms with van der Waals surface area (Å²) in [5.74, 6) is -1.24. The predicted octanol–water partition coefficient (Wildman–Crippen LogP) is 2.89. The molecule has 1 fully saturated rings. The lowest BCUT2D eigenvalue weighted by molar-refractivity contribution is -0.182. The number of hydrogen-bond acceptors (Lipinski definition) is 12. The Labute approximate surface area is 221 Å². The molecule has 3 N–H and O–H groups in total. The van der Waals surface area contributed by atoms with Crippen molar-refractivity contribution in [2.45, 2.75) is 78.4 Å². The van der Waals surface area contributed by atoms with Crippen molar-refractivity contribution in [3.05, 3.63) is 5.69 Å². The fraction of sp³-hybridized carbons (Fsp3) is 0.720. The maximum absolute atomic E-state index is 16.5. The van der Waals surface area contributed by atoms with E-state index in [1.165, 1.54) is 13.1 Å². The highest BCUT2D eigenvalue weighted by Crippen LogP contribution is 2.47. The Morgan fingerprint density at radius 1 is 1.11 bits per heavy atom. The van der Waals surface area contributed by atoms with Gasteiger partial charge in [-0.1, -0.05) is 0 Å². The van der Waals surface area contributed by atoms with Crippen LogP contribution in [0.3, 0.4) is 0 Å². The van der Waals surface area contributed by atoms with Crippen LogP contribution in [0.1, 0.15) is 60.1 Å². The first kappa shape index (κ1) is 29.7. The average molecular weight is 540 g/mol. The second-order valence-corrected chi connectivity index (χ2v) is 11.5. The van der Waals surface area contributed by atoms with Crippen molar-refractivity contribution < 1.29 is 37.7 Å². The first-order valence-corrected chi connectivity index (χ1v) is 12.3. The fourth-order valence-corrected chi connectivity index (χ4v) is 4.08. The van der Waals surface area contributed by atoms with Crippen LogP contribution < -0.4 is 11.1 Å². The molecule has 1 aromatic heterocycles. The first-order chi connectivity index (χ1) is 17.6. The number of rotatable bonds is 9. The predicted molar refractivity (Wildman–Crippen MR) is 137 cm³/mol. The molecule has 1 saturated heterocycles. The number of aliphatic imine (C=N–C) groups is 1. The molecular weight excluding hydrogens is 501 g/mol. The molecule has 0 aromatic carbocycles. The number of alkyl halides is 1. The molecule has 13 heteroatoms. The molecule has 3 heterocycles. The lowest BCUT2D eigenvalue weighted by Gasteiger charge is -2.29. The summed E-state index contributed by atoms with van der Waals surface area (Å²) in [4.78, 5) is 37.0. The molecule has 3 rings (SSSR count). The number of carbonyl (C=O) groups excluding carboxylic acids is 2. The molecule has 2 aliphatic rings. The SMILES string of the molecule is CNc1nc(N)nc2c1N=CC2C1O[C@H](COCOC(=O)C(C)(C)C)[C@@H](OCOC(=O)C(C)(C)C)[C@@]1(C)F. The highest BCUT2D eigenvalue weighted by molar-refractivity contribution is 5.85. The Hall–Kier alpha value is -2.90. The summed E-state index contributed by atoms with van der Waals surface area (Å²) in [6.07, 6.45) is -1.69. The first-order valence-electron chi connectivity index (χ1n) is 12.3. The molecule has 1 aromatic rings. The number of aromatic nitrogens is 2. The number of nitrogens with zero attached hydrogens (tertiary/aromatic N) is 3. The molecular formula is C25H38FN5O7. The van der Waals surface area contributed by atoms with Crippen molar-refractivity contribution in [2.24, 2.45) is 15.8 Å². The topological polar surface area (TPSA) is 156 Å². The lowest BCUT2D eigenvalue weighted by atomic mass is 9.86. The zero-order valence-electron chi connectivity index (χ0n) is 23.2. The van der Waals surface area contributed by atoms with Crippen LogP contribution in [0.25, 0.3) is 0 Å². The van der Waals surface area contributed by atoms with Gasteiger partial charge in [0, 0.05) is 13.3 Å². The fourth-order valence-electron chi connectivity index (χ4n) is 4.08. The van der Waals surface area contributed by atoms with E-state index in [1.807, 2.05) is 0 Å². The van der Waals surface area contributed by atoms with Crippen molar-refractivity contribution in [3.63, 3.8) is 0 Å². The zero-order valence-corrected chi connectivity index (χ0v) is 23.2. The Kier molecular flexibility index (Phi) is 8.64. The summed E-state index contributed by atoms with van der Waals surface area (Å²) in [5.41, 5.74) is 3.16. The van der Waals surface area contributed by atoms with Crippen LogP contribution in [0, 0.1) is 10.8 Å². The standard InChI is InChI=1S/C25H38FN5O7/c1-23(2,3)20(32)36-11-34-10-14-18(35-12-37-21(33)24(4,5)6)25(7,26)17(38-14)13-9-29-16-15(13)30-22(27)31-19(16)28-8/h9,13-14,17-18H,10-12H2,1-8H3,(H3,27,28,30,31)/t13?,14-,17?,18-,25+/m1/s1. The van der Waals surface area contributed by atoms with Crippen LogP contribution >= 0.6 is 0 Å². The molecule has 0 spiro atoms. The van der Waals surface area contributed by atoms with Gasteiger partial charge in [0.25, 0.3) is 0 Å². The van der Waals surface area contributed by atoms with E-state index in [4.69, 9.17) is 29.4 Å². The average Bonchev–Trinajstić information content (AvgIpc) is 3.32. The second-order valence-electron chi connectivity index (χ2n) is 11.5. The van der Waals surface area contributed by atoms with Gasteiger partial charge in [0.2, 0.25) is 5.95 Å². The number of ether oxygens (including phenoxy) is 5. The van der Waals surface area contributed by atoms with Crippen molar-refractivity contribution in [2.75, 3.05) is 38.3 Å². The third-order valence-electron chi connectivity index (χ3n) is 6.16. The van der Waals surface area contributed by atoms with E-state index in [-0.39, 0.29) is 19.3 Å². The van der Waals surface area contributed by atoms with Crippen LogP contribution in [0.4, 0.5) is 21.8 Å². The highest BCUT2D eigenvalue weighted by Gasteiger charge is 2.59. The monoisotopic (exact) mass is 539 g/mol. The molecule has 0 radical (unpaired) electrons. The summed E-state index contributed by atoms with van der Waals surface area (Å²) in [6, 6.07) is 0. The second kappa shape index (κ2) is 11.1. The zero-order chi connectivity index (χ0) is 28.5. The Morgan fingerprint density at radius 3 is 2.29 bits per heavy atom. The number of nitrogens with one attached hydrogen (secondary N) is 1. The Bertz CT molecular complexity index is 1070. The Morgan fingerprint density at radius 2 is 1.71 bits per heavy atom. The van der Waals surface area contributed by atoms with Crippen molar-refractivity contribution in [1.82, 2.24) is 9.97 Å². The summed E-state index contributed by atoms with van der Waals surface area (Å²) >= 11 is 0. The molecule has 2 unspecified atom stereocenters. The molecule has 0 aliphatic carbocycles. The van der Waals surface area contributed by atoms with Crippen molar-refractivity contribution in [3.8, 4) is 0 Å². The van der Waals surface area contributed by atoms with E-state index < -0.39 is 59.5 Å². The molecule has 0 saturated carbocycles. The van der Waals surface area contributed by atoms with Crippen molar-refractivity contribution in [1.29, 1.82) is 0 Å². The van der Waals surface area contributed by atoms with Gasteiger partial charge in [0.1, 0.15) is 24.0 Å². The molecule has 12 nitrogen and oxygen atoms in total. The normalized spacial score (nSPS) is 26.8. The van der Waals surface area contributed by atoms with Gasteiger partial charge in [0.15, 0.2) is 25.1 Å². The van der Waals surface area contributed by atoms with Gasteiger partial charge < -0.3 is 34.7 Å². The highest BCUT2D eigenvalue weighted by atomic mass is 19.1. The van der Waals surface area contributed by atoms with Crippen LogP contribution in [-0.4, -0.2) is 79.3 Å². The van der Waals surface area contributed by atoms with Crippen molar-refractivity contribution >= 4 is 35.6 Å². The minimum Gasteiger partial charge on any atom is -0.438 e. The van der Waals surface area contributed by atoms with E-state index in [2.05, 4.69) is 20.3 Å². The van der Waals surface area contributed by atoms with Gasteiger partial charge in [0.05, 0.1) is 29.0 Å². The third-order valence-corrected chi connectivity index (χ3v) is 6.16. The molecule has 0 amide bonds. The summed E-state index contributed by atoms with van der Waals surface area (Å²) < 4.78 is 44.2. The smallest absolute Gasteiger partial charge is 0.313 e. The number of esters is 2. The number of nitrogens with two attached hydrogens (primary N) is 1. The number of hydrogen-bond donors (Lipinski definition) is 2. The lowest BCUT2D eigenvalue weighted by Crippen LogP contribution is -2.46. The van der Waals surface area contributed by atoms with Crippen LogP contribution in [0.2, 0.25) is 0 Å². The molecule has 212 valence electrons. The largest absolute Gasteiger partial charge is 0.438 e. The number of nitrogen functional groups attached to an aromatic ring is 1. The summed E-state index contributed by atoms with van der Waals surface area (Å²) in [6.45, 7) is 10.6. The van der Waals surface area contributed by atoms with E-state index >= 15 is 4.39 Å². The number of carbonyl (C=O) groups is 2. The van der Waals surface area contributed by atoms with Gasteiger partial charge in [-0.2, -0.15) is 4.98 Å². The maximum atomic E-state index is 16.5. The molecule has 5 atom stereocenters. The van der Waals surface area contributed by atoms with E-state index in [1.54, 1.807) is 48.6 Å². The Balaban J connectivity index is 1.79. The minimum atomic E-state index is -2.10. The molecule has 38 heavy (non-hydrogen) atoms. The molecule has 0 bridgehead atoms. The van der Waals surface area contributed by atoms with E-state index in [0.29, 0.717) is 17.2 Å². The van der Waals surface area contributed by atoms with Gasteiger partial charge in [-0.3, -0.25) is 14.6 Å². The third kappa shape index (κ3) is 6.38. The summed E-state index contributed by atoms with van der Waals surface area (Å²) in [5, 5.41) is 2.91.